The molecule has 0 aliphatic rings. The van der Waals surface area contributed by atoms with E-state index in [2.05, 4.69) is 0 Å². The van der Waals surface area contributed by atoms with Crippen LogP contribution in [0.2, 0.25) is 0 Å². The minimum Gasteiger partial charge on any atom is -0.506 e. The van der Waals surface area contributed by atoms with Crippen molar-refractivity contribution in [3.05, 3.63) is 108 Å². The van der Waals surface area contributed by atoms with Gasteiger partial charge in [0.25, 0.3) is 11.1 Å². The maximum absolute atomic E-state index is 13.4. The Morgan fingerprint density at radius 1 is 0.515 bits per heavy atom. The summed E-state index contributed by atoms with van der Waals surface area (Å²) in [5.41, 5.74) is -2.27. The van der Waals surface area contributed by atoms with Gasteiger partial charge in [0.05, 0.1) is 27.2 Å². The molecule has 1 heterocycles. The van der Waals surface area contributed by atoms with Gasteiger partial charge in [-0.25, -0.2) is 4.57 Å². The molecular weight excluding hydrogens is 422 g/mol. The predicted octanol–water partition coefficient (Wildman–Crippen LogP) is 2.82. The van der Waals surface area contributed by atoms with Gasteiger partial charge in [0.1, 0.15) is 11.5 Å². The van der Waals surface area contributed by atoms with Gasteiger partial charge in [-0.2, -0.15) is 0 Å². The summed E-state index contributed by atoms with van der Waals surface area (Å²) in [6.45, 7) is 0. The zero-order chi connectivity index (χ0) is 23.0. The lowest BCUT2D eigenvalue weighted by molar-refractivity contribution is 0.478. The Balaban J connectivity index is 1.86. The van der Waals surface area contributed by atoms with Crippen LogP contribution in [0, 0.1) is 0 Å². The van der Waals surface area contributed by atoms with Crippen LogP contribution < -0.4 is 22.0 Å². The fourth-order valence-corrected chi connectivity index (χ4v) is 4.59. The maximum atomic E-state index is 13.4. The van der Waals surface area contributed by atoms with E-state index in [1.165, 1.54) is 24.3 Å². The molecule has 7 nitrogen and oxygen atoms in total. The van der Waals surface area contributed by atoms with Gasteiger partial charge in [-0.05, 0) is 24.3 Å². The number of benzene rings is 5. The molecule has 7 heteroatoms. The molecule has 158 valence electrons. The van der Waals surface area contributed by atoms with Crippen molar-refractivity contribution in [3.8, 4) is 17.2 Å². The summed E-state index contributed by atoms with van der Waals surface area (Å²) in [6, 6.07) is 17.1. The molecule has 0 radical (unpaired) electrons. The van der Waals surface area contributed by atoms with E-state index in [9.17, 15) is 29.4 Å². The second-order valence-electron chi connectivity index (χ2n) is 7.88. The normalized spacial score (nSPS) is 11.8. The Bertz CT molecular complexity index is 1890. The van der Waals surface area contributed by atoms with Crippen LogP contribution in [0.15, 0.2) is 85.9 Å². The van der Waals surface area contributed by atoms with Crippen molar-refractivity contribution < 1.29 is 10.2 Å². The van der Waals surface area contributed by atoms with Crippen molar-refractivity contribution in [2.45, 2.75) is 0 Å². The molecule has 0 atom stereocenters. The van der Waals surface area contributed by atoms with Crippen LogP contribution in [0.1, 0.15) is 0 Å². The summed E-state index contributed by atoms with van der Waals surface area (Å²) in [4.78, 5) is 52.8. The van der Waals surface area contributed by atoms with E-state index in [1.54, 1.807) is 42.5 Å². The van der Waals surface area contributed by atoms with Gasteiger partial charge in [-0.1, -0.05) is 42.5 Å². The number of rotatable bonds is 1. The monoisotopic (exact) mass is 435 g/mol. The van der Waals surface area contributed by atoms with Gasteiger partial charge < -0.3 is 10.2 Å². The zero-order valence-electron chi connectivity index (χ0n) is 16.8. The largest absolute Gasteiger partial charge is 0.506 e. The van der Waals surface area contributed by atoms with E-state index in [0.29, 0.717) is 5.69 Å². The highest BCUT2D eigenvalue weighted by Crippen LogP contribution is 2.39. The second-order valence-corrected chi connectivity index (χ2v) is 7.88. The molecule has 0 aliphatic carbocycles. The van der Waals surface area contributed by atoms with E-state index in [4.69, 9.17) is 0 Å². The van der Waals surface area contributed by atoms with Gasteiger partial charge >= 0.3 is 0 Å². The molecule has 0 saturated carbocycles. The molecule has 0 amide bonds. The van der Waals surface area contributed by atoms with Crippen LogP contribution in [0.3, 0.4) is 0 Å². The predicted molar refractivity (Wildman–Crippen MR) is 127 cm³/mol. The quantitative estimate of drug-likeness (QED) is 0.303. The van der Waals surface area contributed by atoms with Crippen LogP contribution in [-0.2, 0) is 0 Å². The Kier molecular flexibility index (Phi) is 3.65. The molecule has 0 spiro atoms. The van der Waals surface area contributed by atoms with Crippen molar-refractivity contribution >= 4 is 43.1 Å². The van der Waals surface area contributed by atoms with E-state index in [-0.39, 0.29) is 43.1 Å². The number of hydrogen-bond donors (Lipinski definition) is 2. The highest BCUT2D eigenvalue weighted by molar-refractivity contribution is 6.15. The number of nitrogens with zero attached hydrogens (tertiary/aromatic N) is 1. The van der Waals surface area contributed by atoms with Crippen molar-refractivity contribution in [3.63, 3.8) is 0 Å². The van der Waals surface area contributed by atoms with Crippen LogP contribution in [0.4, 0.5) is 0 Å². The molecule has 1 aromatic heterocycles. The number of para-hydroxylation sites is 1. The van der Waals surface area contributed by atoms with Gasteiger partial charge in [0.15, 0.2) is 10.9 Å². The first-order chi connectivity index (χ1) is 15.9. The molecule has 6 aromatic rings. The molecule has 5 aromatic carbocycles. The number of phenolic OH excluding ortho intramolecular Hbond substituents is 2. The number of hydrogen-bond acceptors (Lipinski definition) is 6. The molecule has 0 unspecified atom stereocenters. The standard InChI is InChI=1S/C26H13NO6/c28-21-13-8-4-5-9-14(13)22(29)20-19(21)23(30)15-10-17-18(11-16(15)24(20)31)26(33)27(25(17)32)12-6-2-1-3-7-12/h1-11,28-29H. The molecule has 2 N–H and O–H groups in total. The average molecular weight is 435 g/mol. The number of fused-ring (bicyclic) bond motifs is 4. The van der Waals surface area contributed by atoms with Crippen molar-refractivity contribution in [1.82, 2.24) is 4.57 Å². The maximum Gasteiger partial charge on any atom is 0.266 e. The fraction of sp³-hybridized carbons (Fsp3) is 0. The van der Waals surface area contributed by atoms with E-state index in [1.807, 2.05) is 0 Å². The molecule has 6 rings (SSSR count). The van der Waals surface area contributed by atoms with Crippen molar-refractivity contribution in [2.24, 2.45) is 0 Å². The Labute approximate surface area is 183 Å². The first-order valence-corrected chi connectivity index (χ1v) is 10.1. The van der Waals surface area contributed by atoms with Gasteiger partial charge in [-0.3, -0.25) is 19.2 Å². The highest BCUT2D eigenvalue weighted by Gasteiger charge is 2.23. The summed E-state index contributed by atoms with van der Waals surface area (Å²) in [5, 5.41) is 21.2. The highest BCUT2D eigenvalue weighted by atomic mass is 16.3. The third-order valence-electron chi connectivity index (χ3n) is 6.14. The first kappa shape index (κ1) is 18.9. The van der Waals surface area contributed by atoms with Crippen LogP contribution in [0.5, 0.6) is 11.5 Å². The number of phenols is 2. The molecule has 0 saturated heterocycles. The van der Waals surface area contributed by atoms with Gasteiger partial charge in [0.2, 0.25) is 0 Å². The number of aromatic hydroxyl groups is 2. The summed E-state index contributed by atoms with van der Waals surface area (Å²) < 4.78 is 0.988. The van der Waals surface area contributed by atoms with Crippen LogP contribution >= 0.6 is 0 Å². The third kappa shape index (κ3) is 2.33. The average Bonchev–Trinajstić information content (AvgIpc) is 3.08. The molecule has 33 heavy (non-hydrogen) atoms. The summed E-state index contributed by atoms with van der Waals surface area (Å²) in [7, 11) is 0. The van der Waals surface area contributed by atoms with E-state index < -0.39 is 33.5 Å². The molecular formula is C26H13NO6. The fourth-order valence-electron chi connectivity index (χ4n) is 4.59. The lowest BCUT2D eigenvalue weighted by atomic mass is 9.95. The summed E-state index contributed by atoms with van der Waals surface area (Å²) in [5.74, 6) is -0.840. The Hall–Kier alpha value is -4.78. The summed E-state index contributed by atoms with van der Waals surface area (Å²) in [6.07, 6.45) is 0. The second kappa shape index (κ2) is 6.37. The molecule has 0 aliphatic heterocycles. The topological polar surface area (TPSA) is 114 Å². The smallest absolute Gasteiger partial charge is 0.266 e. The van der Waals surface area contributed by atoms with Gasteiger partial charge in [0, 0.05) is 21.5 Å². The lowest BCUT2D eigenvalue weighted by Crippen LogP contribution is -2.23. The van der Waals surface area contributed by atoms with Crippen LogP contribution in [-0.4, -0.2) is 14.8 Å². The molecule has 0 fully saturated rings. The summed E-state index contributed by atoms with van der Waals surface area (Å²) >= 11 is 0. The van der Waals surface area contributed by atoms with Crippen molar-refractivity contribution in [2.75, 3.05) is 0 Å². The van der Waals surface area contributed by atoms with E-state index in [0.717, 1.165) is 4.57 Å². The van der Waals surface area contributed by atoms with Gasteiger partial charge in [-0.15, -0.1) is 0 Å². The Morgan fingerprint density at radius 3 is 1.39 bits per heavy atom. The number of aromatic nitrogens is 1. The van der Waals surface area contributed by atoms with E-state index >= 15 is 0 Å². The zero-order valence-corrected chi connectivity index (χ0v) is 16.8. The molecule has 0 bridgehead atoms. The van der Waals surface area contributed by atoms with Crippen molar-refractivity contribution in [1.29, 1.82) is 0 Å². The van der Waals surface area contributed by atoms with Crippen LogP contribution in [0.25, 0.3) is 48.8 Å². The first-order valence-electron chi connectivity index (χ1n) is 10.1. The SMILES string of the molecule is O=c1c2cc3c(=O)n(-c4ccccc4)c(=O)c3cc2c(=O)c2c(O)c3ccccc3c(O)c12. The Morgan fingerprint density at radius 2 is 0.939 bits per heavy atom. The minimum atomic E-state index is -0.709. The lowest BCUT2D eigenvalue weighted by Gasteiger charge is -2.09. The minimum absolute atomic E-state index is 0.00305. The third-order valence-corrected chi connectivity index (χ3v) is 6.14.